The number of aliphatic hydroxyl groups excluding tert-OH is 1. The molecule has 0 bridgehead atoms. The van der Waals surface area contributed by atoms with Gasteiger partial charge in [0.15, 0.2) is 0 Å². The van der Waals surface area contributed by atoms with Crippen LogP contribution in [0, 0.1) is 17.3 Å². The number of rotatable bonds is 3. The Bertz CT molecular complexity index is 976. The number of benzene rings is 2. The molecule has 0 aliphatic heterocycles. The SMILES string of the molecule is C=Cc1ccc(C(=O)Oc2ccc3c(c2)CC[C@@H]2[C@@H]3CC[C@]3(C)[C@@H](O)CC[C@@H]23)cc1. The molecule has 1 N–H and O–H groups in total. The number of fused-ring (bicyclic) bond motifs is 5. The predicted molar refractivity (Wildman–Crippen MR) is 119 cm³/mol. The van der Waals surface area contributed by atoms with Crippen molar-refractivity contribution in [3.63, 3.8) is 0 Å². The summed E-state index contributed by atoms with van der Waals surface area (Å²) in [4.78, 5) is 12.5. The number of aliphatic hydroxyl groups is 1. The number of carbonyl (C=O) groups excluding carboxylic acids is 1. The molecule has 0 amide bonds. The summed E-state index contributed by atoms with van der Waals surface area (Å²) in [5.41, 5.74) is 4.39. The molecule has 0 spiro atoms. The van der Waals surface area contributed by atoms with Crippen molar-refractivity contribution in [1.29, 1.82) is 0 Å². The minimum atomic E-state index is -0.326. The van der Waals surface area contributed by atoms with Gasteiger partial charge in [-0.2, -0.15) is 0 Å². The molecule has 2 fully saturated rings. The zero-order valence-electron chi connectivity index (χ0n) is 17.6. The number of esters is 1. The molecule has 2 aromatic rings. The van der Waals surface area contributed by atoms with Crippen LogP contribution in [-0.2, 0) is 6.42 Å². The number of carbonyl (C=O) groups is 1. The van der Waals surface area contributed by atoms with Crippen LogP contribution in [0.3, 0.4) is 0 Å². The summed E-state index contributed by atoms with van der Waals surface area (Å²) in [5, 5.41) is 10.6. The molecule has 3 heteroatoms. The summed E-state index contributed by atoms with van der Waals surface area (Å²) in [6, 6.07) is 13.5. The van der Waals surface area contributed by atoms with E-state index in [0.717, 1.165) is 37.7 Å². The van der Waals surface area contributed by atoms with Crippen LogP contribution in [0.4, 0.5) is 0 Å². The van der Waals surface area contributed by atoms with Gasteiger partial charge in [0, 0.05) is 0 Å². The Balaban J connectivity index is 1.34. The monoisotopic (exact) mass is 402 g/mol. The maximum absolute atomic E-state index is 12.5. The molecule has 0 saturated heterocycles. The summed E-state index contributed by atoms with van der Waals surface area (Å²) < 4.78 is 5.68. The molecule has 0 heterocycles. The number of hydrogen-bond acceptors (Lipinski definition) is 3. The van der Waals surface area contributed by atoms with Gasteiger partial charge in [-0.05, 0) is 103 Å². The van der Waals surface area contributed by atoms with Gasteiger partial charge in [0.1, 0.15) is 5.75 Å². The normalized spacial score (nSPS) is 31.9. The van der Waals surface area contributed by atoms with Crippen LogP contribution in [0.5, 0.6) is 5.75 Å². The molecule has 0 aromatic heterocycles. The Hall–Kier alpha value is -2.39. The lowest BCUT2D eigenvalue weighted by Crippen LogP contribution is -2.43. The molecule has 2 aromatic carbocycles. The molecule has 3 aliphatic rings. The number of ether oxygens (including phenoxy) is 1. The first kappa shape index (κ1) is 19.6. The van der Waals surface area contributed by atoms with Gasteiger partial charge in [0.25, 0.3) is 0 Å². The molecule has 5 rings (SSSR count). The zero-order chi connectivity index (χ0) is 20.9. The largest absolute Gasteiger partial charge is 0.423 e. The van der Waals surface area contributed by atoms with Crippen LogP contribution in [0.2, 0.25) is 0 Å². The topological polar surface area (TPSA) is 46.5 Å². The van der Waals surface area contributed by atoms with Gasteiger partial charge in [-0.25, -0.2) is 4.79 Å². The fourth-order valence-corrected chi connectivity index (χ4v) is 6.52. The molecule has 0 unspecified atom stereocenters. The fourth-order valence-electron chi connectivity index (χ4n) is 6.52. The summed E-state index contributed by atoms with van der Waals surface area (Å²) >= 11 is 0. The van der Waals surface area contributed by atoms with E-state index in [0.29, 0.717) is 29.1 Å². The zero-order valence-corrected chi connectivity index (χ0v) is 17.6. The maximum Gasteiger partial charge on any atom is 0.343 e. The van der Waals surface area contributed by atoms with Crippen molar-refractivity contribution in [1.82, 2.24) is 0 Å². The highest BCUT2D eigenvalue weighted by Gasteiger charge is 2.54. The Morgan fingerprint density at radius 2 is 1.93 bits per heavy atom. The van der Waals surface area contributed by atoms with Crippen LogP contribution < -0.4 is 4.74 Å². The number of hydrogen-bond donors (Lipinski definition) is 1. The van der Waals surface area contributed by atoms with Crippen LogP contribution >= 0.6 is 0 Å². The smallest absolute Gasteiger partial charge is 0.343 e. The summed E-state index contributed by atoms with van der Waals surface area (Å²) in [6.07, 6.45) is 8.20. The third kappa shape index (κ3) is 3.11. The molecule has 0 radical (unpaired) electrons. The quantitative estimate of drug-likeness (QED) is 0.524. The van der Waals surface area contributed by atoms with E-state index in [2.05, 4.69) is 25.6 Å². The van der Waals surface area contributed by atoms with Gasteiger partial charge >= 0.3 is 5.97 Å². The minimum absolute atomic E-state index is 0.106. The first-order valence-electron chi connectivity index (χ1n) is 11.2. The van der Waals surface area contributed by atoms with Gasteiger partial charge in [-0.1, -0.05) is 37.8 Å². The van der Waals surface area contributed by atoms with E-state index in [1.54, 1.807) is 18.2 Å². The summed E-state index contributed by atoms with van der Waals surface area (Å²) in [5.74, 6) is 2.18. The van der Waals surface area contributed by atoms with Crippen LogP contribution in [-0.4, -0.2) is 17.2 Å². The highest BCUT2D eigenvalue weighted by atomic mass is 16.5. The lowest BCUT2D eigenvalue weighted by molar-refractivity contribution is -0.0226. The Morgan fingerprint density at radius 1 is 1.13 bits per heavy atom. The molecule has 5 atom stereocenters. The second kappa shape index (κ2) is 7.39. The van der Waals surface area contributed by atoms with Gasteiger partial charge in [0.05, 0.1) is 11.7 Å². The van der Waals surface area contributed by atoms with E-state index in [1.807, 2.05) is 18.2 Å². The van der Waals surface area contributed by atoms with Gasteiger partial charge < -0.3 is 9.84 Å². The van der Waals surface area contributed by atoms with Crippen LogP contribution in [0.25, 0.3) is 6.08 Å². The summed E-state index contributed by atoms with van der Waals surface area (Å²) in [7, 11) is 0. The third-order valence-corrected chi connectivity index (χ3v) is 8.24. The molecular formula is C27H30O3. The average molecular weight is 403 g/mol. The Kier molecular flexibility index (Phi) is 4.82. The highest BCUT2D eigenvalue weighted by Crippen LogP contribution is 2.60. The lowest BCUT2D eigenvalue weighted by Gasteiger charge is -2.50. The molecular weight excluding hydrogens is 372 g/mol. The van der Waals surface area contributed by atoms with Crippen molar-refractivity contribution in [2.75, 3.05) is 0 Å². The molecule has 2 saturated carbocycles. The van der Waals surface area contributed by atoms with E-state index >= 15 is 0 Å². The van der Waals surface area contributed by atoms with Crippen molar-refractivity contribution in [3.8, 4) is 5.75 Å². The van der Waals surface area contributed by atoms with E-state index in [-0.39, 0.29) is 17.5 Å². The van der Waals surface area contributed by atoms with Crippen molar-refractivity contribution >= 4 is 12.0 Å². The van der Waals surface area contributed by atoms with E-state index < -0.39 is 0 Å². The fraction of sp³-hybridized carbons (Fsp3) is 0.444. The Morgan fingerprint density at radius 3 is 2.70 bits per heavy atom. The third-order valence-electron chi connectivity index (χ3n) is 8.24. The van der Waals surface area contributed by atoms with E-state index in [9.17, 15) is 9.90 Å². The standard InChI is InChI=1S/C27H30O3/c1-3-17-4-6-18(7-5-17)26(29)30-20-9-11-21-19(16-20)8-10-23-22(21)14-15-27(2)24(23)12-13-25(27)28/h3-7,9,11,16,22-25,28H,1,8,10,12-15H2,2H3/t22-,23-,24+,25+,27+/m1/s1. The molecule has 30 heavy (non-hydrogen) atoms. The number of aryl methyl sites for hydroxylation is 1. The molecule has 3 aliphatic carbocycles. The second-order valence-corrected chi connectivity index (χ2v) is 9.63. The molecule has 3 nitrogen and oxygen atoms in total. The second-order valence-electron chi connectivity index (χ2n) is 9.63. The van der Waals surface area contributed by atoms with Crippen LogP contribution in [0.15, 0.2) is 49.0 Å². The van der Waals surface area contributed by atoms with Crippen molar-refractivity contribution in [2.24, 2.45) is 17.3 Å². The summed E-state index contributed by atoms with van der Waals surface area (Å²) in [6.45, 7) is 6.05. The van der Waals surface area contributed by atoms with Crippen molar-refractivity contribution in [3.05, 3.63) is 71.3 Å². The maximum atomic E-state index is 12.5. The lowest BCUT2D eigenvalue weighted by atomic mass is 9.55. The average Bonchev–Trinajstić information content (AvgIpc) is 3.08. The Labute approximate surface area is 178 Å². The van der Waals surface area contributed by atoms with Gasteiger partial charge in [0.2, 0.25) is 0 Å². The molecule has 156 valence electrons. The minimum Gasteiger partial charge on any atom is -0.423 e. The first-order valence-corrected chi connectivity index (χ1v) is 11.2. The van der Waals surface area contributed by atoms with Crippen molar-refractivity contribution < 1.29 is 14.6 Å². The van der Waals surface area contributed by atoms with Gasteiger partial charge in [-0.3, -0.25) is 0 Å². The van der Waals surface area contributed by atoms with Crippen molar-refractivity contribution in [2.45, 2.75) is 57.5 Å². The first-order chi connectivity index (χ1) is 14.5. The highest BCUT2D eigenvalue weighted by molar-refractivity contribution is 5.91. The van der Waals surface area contributed by atoms with E-state index in [1.165, 1.54) is 17.5 Å². The predicted octanol–water partition coefficient (Wildman–Crippen LogP) is 5.77. The van der Waals surface area contributed by atoms with E-state index in [4.69, 9.17) is 4.74 Å². The van der Waals surface area contributed by atoms with Gasteiger partial charge in [-0.15, -0.1) is 0 Å². The van der Waals surface area contributed by atoms with Crippen LogP contribution in [0.1, 0.15) is 72.0 Å².